The van der Waals surface area contributed by atoms with Gasteiger partial charge in [0.25, 0.3) is 0 Å². The van der Waals surface area contributed by atoms with E-state index >= 15 is 0 Å². The number of anilines is 1. The van der Waals surface area contributed by atoms with E-state index < -0.39 is 0 Å². The lowest BCUT2D eigenvalue weighted by molar-refractivity contribution is 0.753. The fourth-order valence-corrected chi connectivity index (χ4v) is 0.986. The number of nitrogens with zero attached hydrogens (tertiary/aromatic N) is 2. The monoisotopic (exact) mass is 195 g/mol. The Kier molecular flexibility index (Phi) is 3.69. The van der Waals surface area contributed by atoms with Gasteiger partial charge in [0.2, 0.25) is 0 Å². The second kappa shape index (κ2) is 3.83. The van der Waals surface area contributed by atoms with Crippen molar-refractivity contribution in [2.45, 2.75) is 18.9 Å². The molecule has 1 heterocycles. The molecule has 2 N–H and O–H groups in total. The molecular formula is C6H11Cl2N3. The second-order valence-electron chi connectivity index (χ2n) is 2.42. The maximum atomic E-state index is 5.53. The number of nitrogen functional groups attached to an aromatic ring is 1. The van der Waals surface area contributed by atoms with E-state index in [1.165, 1.54) is 12.8 Å². The second-order valence-corrected chi connectivity index (χ2v) is 2.42. The zero-order chi connectivity index (χ0) is 6.27. The summed E-state index contributed by atoms with van der Waals surface area (Å²) in [6.45, 7) is 0. The molecule has 1 fully saturated rings. The molecule has 0 aromatic carbocycles. The summed E-state index contributed by atoms with van der Waals surface area (Å²) in [5.41, 5.74) is 5.53. The van der Waals surface area contributed by atoms with Crippen LogP contribution in [0.15, 0.2) is 12.4 Å². The van der Waals surface area contributed by atoms with E-state index in [1.807, 2.05) is 10.8 Å². The van der Waals surface area contributed by atoms with Gasteiger partial charge in [0, 0.05) is 18.4 Å². The Bertz CT molecular complexity index is 219. The molecule has 1 aliphatic carbocycles. The molecule has 0 unspecified atom stereocenters. The van der Waals surface area contributed by atoms with Gasteiger partial charge in [0.1, 0.15) is 0 Å². The van der Waals surface area contributed by atoms with Gasteiger partial charge in [-0.05, 0) is 12.8 Å². The van der Waals surface area contributed by atoms with Crippen molar-refractivity contribution in [3.8, 4) is 0 Å². The van der Waals surface area contributed by atoms with Crippen LogP contribution in [-0.2, 0) is 0 Å². The Balaban J connectivity index is 0.000000500. The van der Waals surface area contributed by atoms with Gasteiger partial charge in [-0.25, -0.2) is 4.98 Å². The van der Waals surface area contributed by atoms with E-state index in [2.05, 4.69) is 4.98 Å². The quantitative estimate of drug-likeness (QED) is 0.741. The minimum Gasteiger partial charge on any atom is -0.369 e. The number of imidazole rings is 1. The summed E-state index contributed by atoms with van der Waals surface area (Å²) in [4.78, 5) is 3.92. The standard InChI is InChI=1S/C6H9N3.2ClH/c7-6-8-3-4-9(6)5-1-2-5;;/h3-5H,1-2H2,(H2,7,8);2*1H. The fraction of sp³-hybridized carbons (Fsp3) is 0.500. The highest BCUT2D eigenvalue weighted by atomic mass is 35.5. The molecule has 0 saturated heterocycles. The van der Waals surface area contributed by atoms with Crippen molar-refractivity contribution in [2.24, 2.45) is 0 Å². The van der Waals surface area contributed by atoms with Crippen LogP contribution in [0.1, 0.15) is 18.9 Å². The molecule has 0 aliphatic heterocycles. The normalized spacial score (nSPS) is 14.9. The SMILES string of the molecule is Cl.Cl.Nc1nccn1C1CC1. The predicted octanol–water partition coefficient (Wildman–Crippen LogP) is 1.64. The summed E-state index contributed by atoms with van der Waals surface area (Å²) in [6.07, 6.45) is 6.21. The summed E-state index contributed by atoms with van der Waals surface area (Å²) >= 11 is 0. The number of nitrogens with two attached hydrogens (primary N) is 1. The maximum Gasteiger partial charge on any atom is 0.200 e. The Hall–Kier alpha value is -0.410. The van der Waals surface area contributed by atoms with Crippen LogP contribution in [0.4, 0.5) is 5.95 Å². The fourth-order valence-electron chi connectivity index (χ4n) is 0.986. The van der Waals surface area contributed by atoms with E-state index in [4.69, 9.17) is 5.73 Å². The van der Waals surface area contributed by atoms with Crippen molar-refractivity contribution in [1.82, 2.24) is 9.55 Å². The van der Waals surface area contributed by atoms with Gasteiger partial charge < -0.3 is 10.3 Å². The van der Waals surface area contributed by atoms with Gasteiger partial charge >= 0.3 is 0 Å². The molecule has 1 aliphatic rings. The van der Waals surface area contributed by atoms with Crippen LogP contribution < -0.4 is 5.73 Å². The molecule has 0 bridgehead atoms. The van der Waals surface area contributed by atoms with E-state index in [9.17, 15) is 0 Å². The maximum absolute atomic E-state index is 5.53. The first-order chi connectivity index (χ1) is 4.38. The molecule has 0 atom stereocenters. The third-order valence-electron chi connectivity index (χ3n) is 1.64. The largest absolute Gasteiger partial charge is 0.369 e. The number of rotatable bonds is 1. The number of hydrogen-bond donors (Lipinski definition) is 1. The van der Waals surface area contributed by atoms with Crippen LogP contribution in [0, 0.1) is 0 Å². The first-order valence-corrected chi connectivity index (χ1v) is 3.16. The molecule has 0 radical (unpaired) electrons. The van der Waals surface area contributed by atoms with Crippen LogP contribution >= 0.6 is 24.8 Å². The number of aromatic nitrogens is 2. The summed E-state index contributed by atoms with van der Waals surface area (Å²) in [5.74, 6) is 0.650. The minimum atomic E-state index is 0. The molecule has 5 heteroatoms. The van der Waals surface area contributed by atoms with Crippen LogP contribution in [-0.4, -0.2) is 9.55 Å². The molecule has 1 saturated carbocycles. The van der Waals surface area contributed by atoms with Gasteiger partial charge in [-0.2, -0.15) is 0 Å². The Morgan fingerprint density at radius 3 is 2.45 bits per heavy atom. The van der Waals surface area contributed by atoms with Gasteiger partial charge in [-0.1, -0.05) is 0 Å². The summed E-state index contributed by atoms with van der Waals surface area (Å²) in [5, 5.41) is 0. The lowest BCUT2D eigenvalue weighted by Gasteiger charge is -1.97. The first kappa shape index (κ1) is 10.6. The van der Waals surface area contributed by atoms with E-state index in [-0.39, 0.29) is 24.8 Å². The van der Waals surface area contributed by atoms with Crippen molar-refractivity contribution in [2.75, 3.05) is 5.73 Å². The van der Waals surface area contributed by atoms with Crippen molar-refractivity contribution in [3.05, 3.63) is 12.4 Å². The highest BCUT2D eigenvalue weighted by Crippen LogP contribution is 2.35. The van der Waals surface area contributed by atoms with Gasteiger partial charge in [-0.3, -0.25) is 0 Å². The molecule has 1 aromatic heterocycles. The average Bonchev–Trinajstić information content (AvgIpc) is 2.58. The molecule has 2 rings (SSSR count). The number of hydrogen-bond acceptors (Lipinski definition) is 2. The Morgan fingerprint density at radius 1 is 1.45 bits per heavy atom. The zero-order valence-corrected chi connectivity index (χ0v) is 7.57. The molecule has 1 aromatic rings. The van der Waals surface area contributed by atoms with Gasteiger partial charge in [0.15, 0.2) is 5.95 Å². The van der Waals surface area contributed by atoms with Crippen molar-refractivity contribution >= 4 is 30.8 Å². The summed E-state index contributed by atoms with van der Waals surface area (Å²) < 4.78 is 2.03. The topological polar surface area (TPSA) is 43.8 Å². The highest BCUT2D eigenvalue weighted by molar-refractivity contribution is 5.85. The van der Waals surface area contributed by atoms with Crippen molar-refractivity contribution < 1.29 is 0 Å². The molecular weight excluding hydrogens is 185 g/mol. The first-order valence-electron chi connectivity index (χ1n) is 3.16. The Labute approximate surface area is 77.8 Å². The van der Waals surface area contributed by atoms with Crippen LogP contribution in [0.2, 0.25) is 0 Å². The van der Waals surface area contributed by atoms with Gasteiger partial charge in [0.05, 0.1) is 0 Å². The van der Waals surface area contributed by atoms with E-state index in [1.54, 1.807) is 6.20 Å². The molecule has 11 heavy (non-hydrogen) atoms. The summed E-state index contributed by atoms with van der Waals surface area (Å²) in [7, 11) is 0. The molecule has 0 amide bonds. The smallest absolute Gasteiger partial charge is 0.200 e. The third kappa shape index (κ3) is 2.01. The third-order valence-corrected chi connectivity index (χ3v) is 1.64. The van der Waals surface area contributed by atoms with Crippen molar-refractivity contribution in [1.29, 1.82) is 0 Å². The molecule has 64 valence electrons. The lowest BCUT2D eigenvalue weighted by Crippen LogP contribution is -1.98. The van der Waals surface area contributed by atoms with E-state index in [0.717, 1.165) is 0 Å². The molecule has 0 spiro atoms. The van der Waals surface area contributed by atoms with Crippen molar-refractivity contribution in [3.63, 3.8) is 0 Å². The summed E-state index contributed by atoms with van der Waals surface area (Å²) in [6, 6.07) is 0.660. The van der Waals surface area contributed by atoms with E-state index in [0.29, 0.717) is 12.0 Å². The highest BCUT2D eigenvalue weighted by Gasteiger charge is 2.24. The number of halogens is 2. The van der Waals surface area contributed by atoms with Crippen LogP contribution in [0.5, 0.6) is 0 Å². The Morgan fingerprint density at radius 2 is 2.09 bits per heavy atom. The average molecular weight is 196 g/mol. The zero-order valence-electron chi connectivity index (χ0n) is 5.93. The lowest BCUT2D eigenvalue weighted by atomic mass is 10.7. The van der Waals surface area contributed by atoms with Gasteiger partial charge in [-0.15, -0.1) is 24.8 Å². The van der Waals surface area contributed by atoms with Crippen LogP contribution in [0.25, 0.3) is 0 Å². The van der Waals surface area contributed by atoms with Crippen LogP contribution in [0.3, 0.4) is 0 Å². The minimum absolute atomic E-state index is 0. The molecule has 3 nitrogen and oxygen atoms in total. The predicted molar refractivity (Wildman–Crippen MR) is 49.4 cm³/mol.